The van der Waals surface area contributed by atoms with Crippen molar-refractivity contribution in [1.29, 1.82) is 0 Å². The third kappa shape index (κ3) is 2.62. The van der Waals surface area contributed by atoms with E-state index >= 15 is 0 Å². The van der Waals surface area contributed by atoms with Crippen molar-refractivity contribution in [2.75, 3.05) is 0 Å². The second kappa shape index (κ2) is 5.13. The van der Waals surface area contributed by atoms with Crippen LogP contribution in [0, 0.1) is 0 Å². The van der Waals surface area contributed by atoms with Crippen LogP contribution in [0.5, 0.6) is 5.75 Å². The van der Waals surface area contributed by atoms with Crippen LogP contribution in [0.3, 0.4) is 0 Å². The smallest absolute Gasteiger partial charge is 0.335 e. The van der Waals surface area contributed by atoms with E-state index in [-0.39, 0.29) is 11.3 Å². The van der Waals surface area contributed by atoms with Gasteiger partial charge in [0.15, 0.2) is 0 Å². The molecule has 0 amide bonds. The Kier molecular flexibility index (Phi) is 3.16. The first-order valence-electron chi connectivity index (χ1n) is 6.32. The Hall–Kier alpha value is -3.08. The van der Waals surface area contributed by atoms with Gasteiger partial charge >= 0.3 is 5.97 Å². The summed E-state index contributed by atoms with van der Waals surface area (Å²) in [4.78, 5) is 11.0. The summed E-state index contributed by atoms with van der Waals surface area (Å²) in [6.07, 6.45) is 1.76. The highest BCUT2D eigenvalue weighted by atomic mass is 16.4. The van der Waals surface area contributed by atoms with E-state index in [1.165, 1.54) is 6.07 Å². The lowest BCUT2D eigenvalue weighted by Crippen LogP contribution is -1.97. The van der Waals surface area contributed by atoms with E-state index in [2.05, 4.69) is 5.10 Å². The standard InChI is InChI=1S/C16H12N2O3/c19-14-6-2-5-13(10-14)18-8-7-15(17-18)11-3-1-4-12(9-11)16(20)21/h1-10,19H,(H,20,21). The van der Waals surface area contributed by atoms with E-state index in [9.17, 15) is 9.90 Å². The lowest BCUT2D eigenvalue weighted by Gasteiger charge is -2.02. The fourth-order valence-electron chi connectivity index (χ4n) is 2.07. The molecule has 0 aliphatic rings. The summed E-state index contributed by atoms with van der Waals surface area (Å²) in [5, 5.41) is 22.9. The Bertz CT molecular complexity index is 809. The van der Waals surface area contributed by atoms with Crippen LogP contribution in [0.4, 0.5) is 0 Å². The Labute approximate surface area is 120 Å². The molecule has 0 radical (unpaired) electrons. The number of carboxylic acid groups (broad SMARTS) is 1. The van der Waals surface area contributed by atoms with Crippen molar-refractivity contribution in [2.24, 2.45) is 0 Å². The SMILES string of the molecule is O=C(O)c1cccc(-c2ccn(-c3cccc(O)c3)n2)c1. The fourth-order valence-corrected chi connectivity index (χ4v) is 2.07. The van der Waals surface area contributed by atoms with Crippen LogP contribution in [0.1, 0.15) is 10.4 Å². The zero-order valence-electron chi connectivity index (χ0n) is 11.0. The predicted molar refractivity (Wildman–Crippen MR) is 77.6 cm³/mol. The minimum atomic E-state index is -0.968. The van der Waals surface area contributed by atoms with E-state index in [0.717, 1.165) is 11.3 Å². The zero-order chi connectivity index (χ0) is 14.8. The van der Waals surface area contributed by atoms with Gasteiger partial charge in [0.2, 0.25) is 0 Å². The van der Waals surface area contributed by atoms with Gasteiger partial charge in [-0.25, -0.2) is 9.48 Å². The van der Waals surface area contributed by atoms with Crippen LogP contribution in [-0.4, -0.2) is 26.0 Å². The molecule has 1 heterocycles. The number of rotatable bonds is 3. The molecule has 1 aromatic heterocycles. The fraction of sp³-hybridized carbons (Fsp3) is 0. The predicted octanol–water partition coefficient (Wildman–Crippen LogP) is 2.94. The summed E-state index contributed by atoms with van der Waals surface area (Å²) in [6, 6.07) is 15.2. The number of aromatic hydroxyl groups is 1. The third-order valence-electron chi connectivity index (χ3n) is 3.09. The summed E-state index contributed by atoms with van der Waals surface area (Å²) < 4.78 is 1.63. The molecule has 0 saturated carbocycles. The van der Waals surface area contributed by atoms with Gasteiger partial charge in [0.05, 0.1) is 16.9 Å². The number of benzene rings is 2. The van der Waals surface area contributed by atoms with E-state index in [1.807, 2.05) is 12.1 Å². The number of aromatic nitrogens is 2. The summed E-state index contributed by atoms with van der Waals surface area (Å²) in [5.41, 5.74) is 2.35. The number of hydrogen-bond acceptors (Lipinski definition) is 3. The van der Waals surface area contributed by atoms with Crippen LogP contribution < -0.4 is 0 Å². The zero-order valence-corrected chi connectivity index (χ0v) is 11.0. The van der Waals surface area contributed by atoms with Crippen molar-refractivity contribution in [1.82, 2.24) is 9.78 Å². The normalized spacial score (nSPS) is 10.5. The molecule has 0 aliphatic carbocycles. The molecule has 0 atom stereocenters. The van der Waals surface area contributed by atoms with Crippen molar-refractivity contribution in [3.05, 3.63) is 66.4 Å². The van der Waals surface area contributed by atoms with E-state index < -0.39 is 5.97 Å². The first-order valence-corrected chi connectivity index (χ1v) is 6.32. The van der Waals surface area contributed by atoms with E-state index in [1.54, 1.807) is 47.3 Å². The molecular formula is C16H12N2O3. The van der Waals surface area contributed by atoms with Gasteiger partial charge in [-0.2, -0.15) is 5.10 Å². The minimum Gasteiger partial charge on any atom is -0.508 e. The first kappa shape index (κ1) is 12.9. The second-order valence-corrected chi connectivity index (χ2v) is 4.55. The number of carbonyl (C=O) groups is 1. The molecule has 0 unspecified atom stereocenters. The maximum atomic E-state index is 11.0. The van der Waals surface area contributed by atoms with Gasteiger partial charge in [-0.15, -0.1) is 0 Å². The van der Waals surface area contributed by atoms with Crippen LogP contribution in [0.25, 0.3) is 16.9 Å². The maximum absolute atomic E-state index is 11.0. The van der Waals surface area contributed by atoms with Crippen molar-refractivity contribution in [3.8, 4) is 22.7 Å². The van der Waals surface area contributed by atoms with E-state index in [4.69, 9.17) is 5.11 Å². The van der Waals surface area contributed by atoms with Gasteiger partial charge in [0.25, 0.3) is 0 Å². The van der Waals surface area contributed by atoms with Crippen LogP contribution in [-0.2, 0) is 0 Å². The van der Waals surface area contributed by atoms with Gasteiger partial charge in [0.1, 0.15) is 5.75 Å². The van der Waals surface area contributed by atoms with Gasteiger partial charge < -0.3 is 10.2 Å². The molecule has 0 aliphatic heterocycles. The molecule has 2 aromatic carbocycles. The molecule has 0 saturated heterocycles. The molecule has 3 aromatic rings. The Morgan fingerprint density at radius 3 is 2.62 bits per heavy atom. The highest BCUT2D eigenvalue weighted by Gasteiger charge is 2.08. The molecule has 5 nitrogen and oxygen atoms in total. The molecule has 2 N–H and O–H groups in total. The average Bonchev–Trinajstić information content (AvgIpc) is 2.97. The molecule has 21 heavy (non-hydrogen) atoms. The first-order chi connectivity index (χ1) is 10.1. The van der Waals surface area contributed by atoms with Gasteiger partial charge in [-0.1, -0.05) is 18.2 Å². The largest absolute Gasteiger partial charge is 0.508 e. The lowest BCUT2D eigenvalue weighted by atomic mass is 10.1. The van der Waals surface area contributed by atoms with Crippen LogP contribution in [0.15, 0.2) is 60.8 Å². The minimum absolute atomic E-state index is 0.164. The molecule has 0 fully saturated rings. The van der Waals surface area contributed by atoms with Crippen molar-refractivity contribution in [2.45, 2.75) is 0 Å². The van der Waals surface area contributed by atoms with Crippen molar-refractivity contribution < 1.29 is 15.0 Å². The third-order valence-corrected chi connectivity index (χ3v) is 3.09. The summed E-state index contributed by atoms with van der Waals surface area (Å²) in [6.45, 7) is 0. The Morgan fingerprint density at radius 2 is 1.86 bits per heavy atom. The van der Waals surface area contributed by atoms with Gasteiger partial charge in [-0.3, -0.25) is 0 Å². The van der Waals surface area contributed by atoms with Crippen LogP contribution >= 0.6 is 0 Å². The van der Waals surface area contributed by atoms with Gasteiger partial charge in [-0.05, 0) is 30.3 Å². The highest BCUT2D eigenvalue weighted by Crippen LogP contribution is 2.21. The number of carboxylic acids is 1. The van der Waals surface area contributed by atoms with Crippen molar-refractivity contribution in [3.63, 3.8) is 0 Å². The molecular weight excluding hydrogens is 268 g/mol. The summed E-state index contributed by atoms with van der Waals surface area (Å²) >= 11 is 0. The quantitative estimate of drug-likeness (QED) is 0.773. The molecule has 3 rings (SSSR count). The highest BCUT2D eigenvalue weighted by molar-refractivity contribution is 5.89. The van der Waals surface area contributed by atoms with E-state index in [0.29, 0.717) is 5.69 Å². The monoisotopic (exact) mass is 280 g/mol. The number of phenols is 1. The second-order valence-electron chi connectivity index (χ2n) is 4.55. The molecule has 0 spiro atoms. The summed E-state index contributed by atoms with van der Waals surface area (Å²) in [7, 11) is 0. The Balaban J connectivity index is 1.98. The maximum Gasteiger partial charge on any atom is 0.335 e. The van der Waals surface area contributed by atoms with Gasteiger partial charge in [0, 0.05) is 17.8 Å². The van der Waals surface area contributed by atoms with Crippen molar-refractivity contribution >= 4 is 5.97 Å². The molecule has 5 heteroatoms. The summed E-state index contributed by atoms with van der Waals surface area (Å²) in [5.74, 6) is -0.804. The molecule has 0 bridgehead atoms. The number of aromatic carboxylic acids is 1. The Morgan fingerprint density at radius 1 is 1.05 bits per heavy atom. The number of nitrogens with zero attached hydrogens (tertiary/aromatic N) is 2. The number of hydrogen-bond donors (Lipinski definition) is 2. The lowest BCUT2D eigenvalue weighted by molar-refractivity contribution is 0.0697. The number of phenolic OH excluding ortho intramolecular Hbond substituents is 1. The molecule has 104 valence electrons. The van der Waals surface area contributed by atoms with Crippen LogP contribution in [0.2, 0.25) is 0 Å². The average molecular weight is 280 g/mol. The topological polar surface area (TPSA) is 75.3 Å².